The van der Waals surface area contributed by atoms with Crippen molar-refractivity contribution in [1.29, 1.82) is 5.26 Å². The Morgan fingerprint density at radius 3 is 2.36 bits per heavy atom. The fraction of sp³-hybridized carbons (Fsp3) is 0.273. The molecular weight excluding hydrogens is 190 g/mol. The summed E-state index contributed by atoms with van der Waals surface area (Å²) in [4.78, 5) is 12.0. The van der Waals surface area contributed by atoms with Crippen LogP contribution >= 0.6 is 0 Å². The maximum absolute atomic E-state index is 12.0. The SMILES string of the molecule is C[Si](C)(C)C(=O)c1ccccc1C#N. The molecule has 1 aromatic carbocycles. The van der Waals surface area contributed by atoms with Crippen molar-refractivity contribution in [3.63, 3.8) is 0 Å². The lowest BCUT2D eigenvalue weighted by Gasteiger charge is -2.14. The number of hydrogen-bond donors (Lipinski definition) is 0. The summed E-state index contributed by atoms with van der Waals surface area (Å²) in [6.07, 6.45) is 0. The summed E-state index contributed by atoms with van der Waals surface area (Å²) in [5.41, 5.74) is 1.06. The fourth-order valence-corrected chi connectivity index (χ4v) is 2.21. The van der Waals surface area contributed by atoms with Crippen molar-refractivity contribution < 1.29 is 4.79 Å². The van der Waals surface area contributed by atoms with E-state index in [2.05, 4.69) is 0 Å². The van der Waals surface area contributed by atoms with Crippen LogP contribution in [0.2, 0.25) is 19.6 Å². The highest BCUT2D eigenvalue weighted by molar-refractivity contribution is 7.05. The molecule has 0 aliphatic carbocycles. The van der Waals surface area contributed by atoms with Crippen LogP contribution < -0.4 is 0 Å². The van der Waals surface area contributed by atoms with Gasteiger partial charge in [0.15, 0.2) is 0 Å². The Morgan fingerprint density at radius 2 is 1.86 bits per heavy atom. The Kier molecular flexibility index (Phi) is 2.87. The van der Waals surface area contributed by atoms with E-state index in [0.29, 0.717) is 11.1 Å². The molecule has 0 fully saturated rings. The van der Waals surface area contributed by atoms with Crippen molar-refractivity contribution in [2.75, 3.05) is 0 Å². The molecule has 0 saturated carbocycles. The summed E-state index contributed by atoms with van der Waals surface area (Å²) in [5.74, 6) is 0. The minimum absolute atomic E-state index is 0.148. The number of benzene rings is 1. The van der Waals surface area contributed by atoms with Gasteiger partial charge in [0.05, 0.1) is 11.6 Å². The second-order valence-electron chi connectivity index (χ2n) is 4.24. The maximum atomic E-state index is 12.0. The molecule has 0 aromatic heterocycles. The van der Waals surface area contributed by atoms with Gasteiger partial charge < -0.3 is 4.79 Å². The summed E-state index contributed by atoms with van der Waals surface area (Å²) in [7, 11) is -1.84. The lowest BCUT2D eigenvalue weighted by Crippen LogP contribution is -2.33. The molecule has 1 aromatic rings. The Hall–Kier alpha value is -1.40. The molecule has 0 saturated heterocycles. The van der Waals surface area contributed by atoms with Gasteiger partial charge in [-0.05, 0) is 6.07 Å². The third kappa shape index (κ3) is 2.09. The number of rotatable bonds is 2. The molecule has 0 heterocycles. The Morgan fingerprint density at radius 1 is 1.29 bits per heavy atom. The molecule has 3 heteroatoms. The van der Waals surface area contributed by atoms with Crippen LogP contribution in [0, 0.1) is 11.3 Å². The number of carbonyl (C=O) groups excluding carboxylic acids is 1. The first-order chi connectivity index (χ1) is 6.46. The van der Waals surface area contributed by atoms with Gasteiger partial charge >= 0.3 is 0 Å². The lowest BCUT2D eigenvalue weighted by atomic mass is 10.1. The molecule has 0 aliphatic rings. The van der Waals surface area contributed by atoms with Crippen molar-refractivity contribution in [2.24, 2.45) is 0 Å². The van der Waals surface area contributed by atoms with Crippen LogP contribution in [0.1, 0.15) is 15.9 Å². The van der Waals surface area contributed by atoms with E-state index >= 15 is 0 Å². The van der Waals surface area contributed by atoms with E-state index < -0.39 is 8.07 Å². The van der Waals surface area contributed by atoms with Gasteiger partial charge in [0.25, 0.3) is 0 Å². The van der Waals surface area contributed by atoms with Crippen LogP contribution in [0.5, 0.6) is 0 Å². The third-order valence-electron chi connectivity index (χ3n) is 1.97. The molecule has 2 nitrogen and oxygen atoms in total. The normalized spacial score (nSPS) is 10.7. The molecule has 72 valence electrons. The van der Waals surface area contributed by atoms with Gasteiger partial charge in [0.2, 0.25) is 0 Å². The molecule has 0 amide bonds. The van der Waals surface area contributed by atoms with Gasteiger partial charge in [-0.15, -0.1) is 0 Å². The summed E-state index contributed by atoms with van der Waals surface area (Å²) in [6.45, 7) is 5.97. The minimum Gasteiger partial charge on any atom is -0.300 e. The number of nitriles is 1. The average molecular weight is 203 g/mol. The van der Waals surface area contributed by atoms with Crippen LogP contribution in [0.4, 0.5) is 0 Å². The molecule has 14 heavy (non-hydrogen) atoms. The summed E-state index contributed by atoms with van der Waals surface area (Å²) in [5, 5.41) is 8.99. The van der Waals surface area contributed by atoms with E-state index in [1.54, 1.807) is 24.3 Å². The van der Waals surface area contributed by atoms with Crippen molar-refractivity contribution >= 4 is 13.5 Å². The van der Waals surface area contributed by atoms with E-state index in [1.165, 1.54) is 0 Å². The molecule has 0 unspecified atom stereocenters. The second-order valence-corrected chi connectivity index (χ2v) is 9.19. The zero-order valence-corrected chi connectivity index (χ0v) is 9.66. The zero-order chi connectivity index (χ0) is 10.8. The van der Waals surface area contributed by atoms with E-state index in [4.69, 9.17) is 5.26 Å². The second kappa shape index (κ2) is 3.77. The average Bonchev–Trinajstić information content (AvgIpc) is 2.15. The Bertz CT molecular complexity index is 398. The highest BCUT2D eigenvalue weighted by Gasteiger charge is 2.26. The van der Waals surface area contributed by atoms with Crippen molar-refractivity contribution in [3.05, 3.63) is 35.4 Å². The predicted molar refractivity (Wildman–Crippen MR) is 58.8 cm³/mol. The van der Waals surface area contributed by atoms with Crippen molar-refractivity contribution in [1.82, 2.24) is 0 Å². The first kappa shape index (κ1) is 10.7. The first-order valence-corrected chi connectivity index (χ1v) is 8.01. The van der Waals surface area contributed by atoms with Gasteiger partial charge in [0.1, 0.15) is 13.5 Å². The number of nitrogens with zero attached hydrogens (tertiary/aromatic N) is 1. The summed E-state index contributed by atoms with van der Waals surface area (Å²) >= 11 is 0. The quantitative estimate of drug-likeness (QED) is 0.693. The van der Waals surface area contributed by atoms with Crippen molar-refractivity contribution in [2.45, 2.75) is 19.6 Å². The molecule has 0 spiro atoms. The third-order valence-corrected chi connectivity index (χ3v) is 3.61. The van der Waals surface area contributed by atoms with Gasteiger partial charge in [-0.3, -0.25) is 0 Å². The summed E-state index contributed by atoms with van der Waals surface area (Å²) in [6, 6.07) is 9.05. The van der Waals surface area contributed by atoms with Crippen LogP contribution in [0.25, 0.3) is 0 Å². The Balaban J connectivity index is 3.22. The van der Waals surface area contributed by atoms with Crippen molar-refractivity contribution in [3.8, 4) is 6.07 Å². The minimum atomic E-state index is -1.84. The molecule has 1 rings (SSSR count). The topological polar surface area (TPSA) is 40.9 Å². The van der Waals surface area contributed by atoms with Gasteiger partial charge in [-0.1, -0.05) is 37.8 Å². The molecule has 0 N–H and O–H groups in total. The Labute approximate surface area is 85.2 Å². The standard InChI is InChI=1S/C11H13NOSi/c1-14(2,3)11(13)10-7-5-4-6-9(10)8-12/h4-7H,1-3H3. The van der Waals surface area contributed by atoms with E-state index in [-0.39, 0.29) is 5.41 Å². The zero-order valence-electron chi connectivity index (χ0n) is 8.66. The highest BCUT2D eigenvalue weighted by atomic mass is 28.3. The number of hydrogen-bond acceptors (Lipinski definition) is 2. The van der Waals surface area contributed by atoms with Crippen LogP contribution in [0.3, 0.4) is 0 Å². The number of carbonyl (C=O) groups is 1. The molecule has 0 bridgehead atoms. The fourth-order valence-electron chi connectivity index (χ4n) is 1.18. The molecule has 0 aliphatic heterocycles. The molecular formula is C11H13NOSi. The van der Waals surface area contributed by atoms with Crippen LogP contribution in [-0.4, -0.2) is 13.5 Å². The van der Waals surface area contributed by atoms with E-state index in [9.17, 15) is 4.79 Å². The largest absolute Gasteiger partial charge is 0.300 e. The van der Waals surface area contributed by atoms with E-state index in [1.807, 2.05) is 25.7 Å². The van der Waals surface area contributed by atoms with Crippen LogP contribution in [0.15, 0.2) is 24.3 Å². The maximum Gasteiger partial charge on any atom is 0.141 e. The smallest absolute Gasteiger partial charge is 0.141 e. The van der Waals surface area contributed by atoms with Gasteiger partial charge in [0, 0.05) is 5.56 Å². The summed E-state index contributed by atoms with van der Waals surface area (Å²) < 4.78 is 0. The van der Waals surface area contributed by atoms with Gasteiger partial charge in [-0.25, -0.2) is 0 Å². The van der Waals surface area contributed by atoms with E-state index in [0.717, 1.165) is 0 Å². The molecule has 0 atom stereocenters. The van der Waals surface area contributed by atoms with Crippen LogP contribution in [-0.2, 0) is 0 Å². The first-order valence-electron chi connectivity index (χ1n) is 4.51. The predicted octanol–water partition coefficient (Wildman–Crippen LogP) is 2.62. The monoisotopic (exact) mass is 203 g/mol. The lowest BCUT2D eigenvalue weighted by molar-refractivity contribution is 0.106. The highest BCUT2D eigenvalue weighted by Crippen LogP contribution is 2.15. The molecule has 0 radical (unpaired) electrons. The van der Waals surface area contributed by atoms with Gasteiger partial charge in [-0.2, -0.15) is 5.26 Å².